The monoisotopic (exact) mass is 423 g/mol. The van der Waals surface area contributed by atoms with E-state index in [1.54, 1.807) is 6.07 Å². The van der Waals surface area contributed by atoms with E-state index in [2.05, 4.69) is 47.8 Å². The van der Waals surface area contributed by atoms with Gasteiger partial charge in [-0.2, -0.15) is 0 Å². The third kappa shape index (κ3) is 2.35. The van der Waals surface area contributed by atoms with Crippen molar-refractivity contribution in [1.29, 1.82) is 0 Å². The fraction of sp³-hybridized carbons (Fsp3) is 0.273. The quantitative estimate of drug-likeness (QED) is 0.549. The predicted molar refractivity (Wildman–Crippen MR) is 76.9 cm³/mol. The van der Waals surface area contributed by atoms with Crippen molar-refractivity contribution in [1.82, 2.24) is 0 Å². The van der Waals surface area contributed by atoms with Crippen molar-refractivity contribution in [2.24, 2.45) is 0 Å². The molecule has 17 heavy (non-hydrogen) atoms. The van der Waals surface area contributed by atoms with Gasteiger partial charge in [0, 0.05) is 20.8 Å². The average Bonchev–Trinajstić information content (AvgIpc) is 2.51. The van der Waals surface area contributed by atoms with Crippen molar-refractivity contribution in [3.63, 3.8) is 0 Å². The summed E-state index contributed by atoms with van der Waals surface area (Å²) in [5, 5.41) is 0.800. The van der Waals surface area contributed by atoms with E-state index >= 15 is 0 Å². The first-order valence-corrected chi connectivity index (χ1v) is 7.68. The fourth-order valence-corrected chi connectivity index (χ4v) is 3.47. The summed E-state index contributed by atoms with van der Waals surface area (Å²) in [7, 11) is 0. The molecule has 1 aliphatic rings. The number of halogens is 3. The number of ketones is 1. The first kappa shape index (κ1) is 13.2. The molecule has 1 amide bonds. The zero-order valence-electron chi connectivity index (χ0n) is 8.67. The lowest BCUT2D eigenvalue weighted by molar-refractivity contribution is -0.114. The van der Waals surface area contributed by atoms with Crippen LogP contribution in [0.25, 0.3) is 0 Å². The summed E-state index contributed by atoms with van der Waals surface area (Å²) in [5.74, 6) is -0.878. The molecule has 3 nitrogen and oxygen atoms in total. The predicted octanol–water partition coefficient (Wildman–Crippen LogP) is 3.53. The Morgan fingerprint density at radius 1 is 1.18 bits per heavy atom. The van der Waals surface area contributed by atoms with Gasteiger partial charge >= 0.3 is 0 Å². The molecule has 1 aromatic rings. The molecule has 1 aliphatic heterocycles. The standard InChI is InChI=1S/C11H8Br3NO2/c12-2-1-3-15-9-7(10(16)11(15)17)4-6(13)5-8(9)14/h4-5H,1-3H2. The Hall–Kier alpha value is -0.200. The highest BCUT2D eigenvalue weighted by Gasteiger charge is 2.37. The molecule has 0 aliphatic carbocycles. The number of alkyl halides is 1. The Morgan fingerprint density at radius 2 is 1.88 bits per heavy atom. The molecule has 1 aromatic carbocycles. The first-order chi connectivity index (χ1) is 8.06. The molecule has 0 spiro atoms. The number of carbonyl (C=O) groups is 2. The van der Waals surface area contributed by atoms with Gasteiger partial charge in [-0.25, -0.2) is 0 Å². The molecule has 0 N–H and O–H groups in total. The van der Waals surface area contributed by atoms with Crippen molar-refractivity contribution in [2.75, 3.05) is 16.8 Å². The molecule has 6 heteroatoms. The molecule has 0 fully saturated rings. The Bertz CT molecular complexity index is 502. The summed E-state index contributed by atoms with van der Waals surface area (Å²) in [6.07, 6.45) is 0.807. The Balaban J connectivity index is 2.48. The van der Waals surface area contributed by atoms with E-state index in [0.29, 0.717) is 17.8 Å². The first-order valence-electron chi connectivity index (χ1n) is 4.97. The maximum absolute atomic E-state index is 11.9. The number of nitrogens with zero attached hydrogens (tertiary/aromatic N) is 1. The van der Waals surface area contributed by atoms with E-state index in [1.807, 2.05) is 6.07 Å². The van der Waals surface area contributed by atoms with E-state index < -0.39 is 11.7 Å². The van der Waals surface area contributed by atoms with Gasteiger partial charge in [0.15, 0.2) is 0 Å². The second-order valence-electron chi connectivity index (χ2n) is 3.61. The number of hydrogen-bond acceptors (Lipinski definition) is 2. The van der Waals surface area contributed by atoms with E-state index in [-0.39, 0.29) is 0 Å². The number of anilines is 1. The lowest BCUT2D eigenvalue weighted by Gasteiger charge is -2.17. The molecular weight excluding hydrogens is 418 g/mol. The molecule has 2 rings (SSSR count). The molecule has 1 heterocycles. The van der Waals surface area contributed by atoms with Crippen LogP contribution in [-0.4, -0.2) is 23.6 Å². The maximum atomic E-state index is 11.9. The van der Waals surface area contributed by atoms with Gasteiger partial charge in [0.05, 0.1) is 11.3 Å². The van der Waals surface area contributed by atoms with Crippen molar-refractivity contribution in [2.45, 2.75) is 6.42 Å². The topological polar surface area (TPSA) is 37.4 Å². The number of hydrogen-bond donors (Lipinski definition) is 0. The van der Waals surface area contributed by atoms with E-state index in [1.165, 1.54) is 4.90 Å². The molecular formula is C11H8Br3NO2. The molecule has 0 unspecified atom stereocenters. The van der Waals surface area contributed by atoms with Crippen LogP contribution in [0.5, 0.6) is 0 Å². The van der Waals surface area contributed by atoms with Gasteiger partial charge < -0.3 is 4.90 Å². The Labute approximate surface area is 124 Å². The second kappa shape index (κ2) is 5.20. The molecule has 0 aromatic heterocycles. The van der Waals surface area contributed by atoms with Crippen LogP contribution < -0.4 is 4.90 Å². The molecule has 0 saturated carbocycles. The van der Waals surface area contributed by atoms with Crippen molar-refractivity contribution in [3.05, 3.63) is 26.6 Å². The number of Topliss-reactive ketones (excluding diaryl/α,β-unsaturated/α-hetero) is 1. The van der Waals surface area contributed by atoms with Gasteiger partial charge in [0.2, 0.25) is 0 Å². The number of carbonyl (C=O) groups excluding carboxylic acids is 2. The van der Waals surface area contributed by atoms with E-state index in [0.717, 1.165) is 20.7 Å². The summed E-state index contributed by atoms with van der Waals surface area (Å²) in [4.78, 5) is 25.2. The minimum atomic E-state index is -0.445. The largest absolute Gasteiger partial charge is 0.304 e. The van der Waals surface area contributed by atoms with Gasteiger partial charge in [-0.3, -0.25) is 9.59 Å². The van der Waals surface area contributed by atoms with Crippen LogP contribution in [0.15, 0.2) is 21.1 Å². The normalized spacial score (nSPS) is 14.4. The fourth-order valence-electron chi connectivity index (χ4n) is 1.78. The molecule has 0 radical (unpaired) electrons. The summed E-state index contributed by atoms with van der Waals surface area (Å²) in [5.41, 5.74) is 1.15. The van der Waals surface area contributed by atoms with Gasteiger partial charge in [-0.05, 0) is 34.5 Å². The molecule has 90 valence electrons. The van der Waals surface area contributed by atoms with Crippen LogP contribution in [0, 0.1) is 0 Å². The van der Waals surface area contributed by atoms with E-state index in [4.69, 9.17) is 0 Å². The number of fused-ring (bicyclic) bond motifs is 1. The molecule has 0 atom stereocenters. The second-order valence-corrected chi connectivity index (χ2v) is 6.18. The van der Waals surface area contributed by atoms with Crippen LogP contribution in [0.4, 0.5) is 5.69 Å². The van der Waals surface area contributed by atoms with Crippen LogP contribution >= 0.6 is 47.8 Å². The smallest absolute Gasteiger partial charge is 0.299 e. The van der Waals surface area contributed by atoms with Crippen molar-refractivity contribution < 1.29 is 9.59 Å². The average molecular weight is 426 g/mol. The van der Waals surface area contributed by atoms with Crippen molar-refractivity contribution >= 4 is 65.2 Å². The highest BCUT2D eigenvalue weighted by atomic mass is 79.9. The van der Waals surface area contributed by atoms with Crippen LogP contribution in [0.3, 0.4) is 0 Å². The third-order valence-electron chi connectivity index (χ3n) is 2.50. The minimum absolute atomic E-state index is 0.434. The minimum Gasteiger partial charge on any atom is -0.304 e. The maximum Gasteiger partial charge on any atom is 0.299 e. The molecule has 0 bridgehead atoms. The zero-order valence-corrected chi connectivity index (χ0v) is 13.4. The summed E-state index contributed by atoms with van der Waals surface area (Å²) in [6, 6.07) is 3.53. The summed E-state index contributed by atoms with van der Waals surface area (Å²) < 4.78 is 1.54. The lowest BCUT2D eigenvalue weighted by atomic mass is 10.1. The van der Waals surface area contributed by atoms with Gasteiger partial charge in [0.25, 0.3) is 11.7 Å². The number of rotatable bonds is 3. The Morgan fingerprint density at radius 3 is 2.53 bits per heavy atom. The van der Waals surface area contributed by atoms with E-state index in [9.17, 15) is 9.59 Å². The van der Waals surface area contributed by atoms with Gasteiger partial charge in [-0.1, -0.05) is 31.9 Å². The van der Waals surface area contributed by atoms with Gasteiger partial charge in [-0.15, -0.1) is 0 Å². The highest BCUT2D eigenvalue weighted by Crippen LogP contribution is 2.38. The third-order valence-corrected chi connectivity index (χ3v) is 4.12. The zero-order chi connectivity index (χ0) is 12.6. The van der Waals surface area contributed by atoms with Gasteiger partial charge in [0.1, 0.15) is 0 Å². The number of amides is 1. The van der Waals surface area contributed by atoms with Crippen molar-refractivity contribution in [3.8, 4) is 0 Å². The summed E-state index contributed by atoms with van der Waals surface area (Å²) in [6.45, 7) is 0.545. The SMILES string of the molecule is O=C1C(=O)N(CCCBr)c2c(Br)cc(Br)cc21. The van der Waals surface area contributed by atoms with Crippen LogP contribution in [0.1, 0.15) is 16.8 Å². The summed E-state index contributed by atoms with van der Waals surface area (Å²) >= 11 is 10.0. The van der Waals surface area contributed by atoms with Crippen LogP contribution in [0.2, 0.25) is 0 Å². The highest BCUT2D eigenvalue weighted by molar-refractivity contribution is 9.11. The Kier molecular flexibility index (Phi) is 4.05. The van der Waals surface area contributed by atoms with Crippen LogP contribution in [-0.2, 0) is 4.79 Å². The number of benzene rings is 1. The molecule has 0 saturated heterocycles. The lowest BCUT2D eigenvalue weighted by Crippen LogP contribution is -2.31.